The van der Waals surface area contributed by atoms with Crippen molar-refractivity contribution in [3.05, 3.63) is 52.8 Å². The maximum Gasteiger partial charge on any atom is 0.255 e. The summed E-state index contributed by atoms with van der Waals surface area (Å²) < 4.78 is 16.2. The summed E-state index contributed by atoms with van der Waals surface area (Å²) in [6.07, 6.45) is 1.71. The molecule has 1 aromatic heterocycles. The monoisotopic (exact) mass is 410 g/mol. The molecule has 3 rings (SSSR count). The maximum absolute atomic E-state index is 12.8. The molecule has 0 unspecified atom stereocenters. The fourth-order valence-corrected chi connectivity index (χ4v) is 3.24. The van der Waals surface area contributed by atoms with E-state index in [1.807, 2.05) is 26.0 Å². The van der Waals surface area contributed by atoms with Gasteiger partial charge >= 0.3 is 0 Å². The lowest BCUT2D eigenvalue weighted by atomic mass is 10.0. The number of carbonyl (C=O) groups is 2. The van der Waals surface area contributed by atoms with Crippen LogP contribution < -0.4 is 14.8 Å². The van der Waals surface area contributed by atoms with E-state index in [1.54, 1.807) is 32.5 Å². The molecule has 2 aromatic carbocycles. The summed E-state index contributed by atoms with van der Waals surface area (Å²) in [5, 5.41) is 3.75. The second-order valence-electron chi connectivity index (χ2n) is 7.37. The maximum atomic E-state index is 12.8. The molecule has 0 atom stereocenters. The molecule has 0 aliphatic carbocycles. The van der Waals surface area contributed by atoms with E-state index in [-0.39, 0.29) is 18.2 Å². The SMILES string of the molecule is COc1cc(NC(=O)Cc2coc3cc(C)c(C)cc23)c(C(=O)N(C)C)cc1OC. The molecule has 30 heavy (non-hydrogen) atoms. The van der Waals surface area contributed by atoms with Crippen LogP contribution in [0.25, 0.3) is 11.0 Å². The van der Waals surface area contributed by atoms with Crippen LogP contribution >= 0.6 is 0 Å². The Labute approximate surface area is 175 Å². The van der Waals surface area contributed by atoms with Crippen molar-refractivity contribution in [2.45, 2.75) is 20.3 Å². The largest absolute Gasteiger partial charge is 0.493 e. The first-order valence-electron chi connectivity index (χ1n) is 9.50. The van der Waals surface area contributed by atoms with Gasteiger partial charge in [0.1, 0.15) is 5.58 Å². The molecule has 2 amide bonds. The first-order chi connectivity index (χ1) is 14.2. The minimum atomic E-state index is -0.268. The highest BCUT2D eigenvalue weighted by Crippen LogP contribution is 2.34. The number of ether oxygens (including phenoxy) is 2. The van der Waals surface area contributed by atoms with Gasteiger partial charge in [-0.05, 0) is 43.2 Å². The number of fused-ring (bicyclic) bond motifs is 1. The molecule has 0 radical (unpaired) electrons. The standard InChI is InChI=1S/C23H26N2O5/c1-13-7-16-15(12-30-19(16)8-14(13)2)9-22(26)24-18-11-21(29-6)20(28-5)10-17(18)23(27)25(3)4/h7-8,10-12H,9H2,1-6H3,(H,24,26). The second kappa shape index (κ2) is 8.49. The van der Waals surface area contributed by atoms with Gasteiger partial charge in [-0.3, -0.25) is 9.59 Å². The number of rotatable bonds is 6. The molecule has 0 saturated carbocycles. The fourth-order valence-electron chi connectivity index (χ4n) is 3.24. The molecule has 0 aliphatic rings. The van der Waals surface area contributed by atoms with Crippen LogP contribution in [0.2, 0.25) is 0 Å². The van der Waals surface area contributed by atoms with Crippen LogP contribution in [0.3, 0.4) is 0 Å². The van der Waals surface area contributed by atoms with E-state index in [9.17, 15) is 9.59 Å². The molecule has 0 fully saturated rings. The highest BCUT2D eigenvalue weighted by molar-refractivity contribution is 6.05. The molecular formula is C23H26N2O5. The molecule has 0 bridgehead atoms. The van der Waals surface area contributed by atoms with Gasteiger partial charge in [-0.25, -0.2) is 0 Å². The Morgan fingerprint density at radius 3 is 2.27 bits per heavy atom. The van der Waals surface area contributed by atoms with Crippen molar-refractivity contribution >= 4 is 28.5 Å². The number of hydrogen-bond acceptors (Lipinski definition) is 5. The topological polar surface area (TPSA) is 81.0 Å². The molecule has 158 valence electrons. The van der Waals surface area contributed by atoms with Crippen LogP contribution in [0.4, 0.5) is 5.69 Å². The third-order valence-corrected chi connectivity index (χ3v) is 5.06. The Bertz CT molecular complexity index is 1110. The quantitative estimate of drug-likeness (QED) is 0.666. The first-order valence-corrected chi connectivity index (χ1v) is 9.50. The molecule has 7 nitrogen and oxygen atoms in total. The normalized spacial score (nSPS) is 10.7. The van der Waals surface area contributed by atoms with Crippen molar-refractivity contribution in [3.63, 3.8) is 0 Å². The van der Waals surface area contributed by atoms with Crippen molar-refractivity contribution in [3.8, 4) is 11.5 Å². The summed E-state index contributed by atoms with van der Waals surface area (Å²) in [5.74, 6) is 0.303. The fraction of sp³-hybridized carbons (Fsp3) is 0.304. The molecular weight excluding hydrogens is 384 g/mol. The lowest BCUT2D eigenvalue weighted by molar-refractivity contribution is -0.115. The molecule has 3 aromatic rings. The lowest BCUT2D eigenvalue weighted by Gasteiger charge is -2.18. The number of amides is 2. The van der Waals surface area contributed by atoms with Gasteiger partial charge in [0.25, 0.3) is 5.91 Å². The number of benzene rings is 2. The summed E-state index contributed by atoms with van der Waals surface area (Å²) in [6, 6.07) is 7.15. The van der Waals surface area contributed by atoms with Gasteiger partial charge < -0.3 is 24.1 Å². The predicted molar refractivity (Wildman–Crippen MR) is 116 cm³/mol. The molecule has 0 spiro atoms. The van der Waals surface area contributed by atoms with Crippen molar-refractivity contribution in [2.24, 2.45) is 0 Å². The number of furan rings is 1. The molecule has 0 aliphatic heterocycles. The Morgan fingerprint density at radius 2 is 1.63 bits per heavy atom. The predicted octanol–water partition coefficient (Wildman–Crippen LogP) is 3.95. The summed E-state index contributed by atoms with van der Waals surface area (Å²) in [6.45, 7) is 4.04. The molecule has 1 N–H and O–H groups in total. The Kier molecular flexibility index (Phi) is 6.01. The lowest BCUT2D eigenvalue weighted by Crippen LogP contribution is -2.24. The van der Waals surface area contributed by atoms with Gasteiger partial charge in [0.15, 0.2) is 11.5 Å². The Morgan fingerprint density at radius 1 is 1.00 bits per heavy atom. The number of carbonyl (C=O) groups excluding carboxylic acids is 2. The number of nitrogens with one attached hydrogen (secondary N) is 1. The van der Waals surface area contributed by atoms with E-state index >= 15 is 0 Å². The van der Waals surface area contributed by atoms with E-state index in [1.165, 1.54) is 19.1 Å². The zero-order valence-corrected chi connectivity index (χ0v) is 18.1. The second-order valence-corrected chi connectivity index (χ2v) is 7.37. The first kappa shape index (κ1) is 21.2. The number of anilines is 1. The van der Waals surface area contributed by atoms with Crippen molar-refractivity contribution in [2.75, 3.05) is 33.6 Å². The third-order valence-electron chi connectivity index (χ3n) is 5.06. The highest BCUT2D eigenvalue weighted by atomic mass is 16.5. The number of hydrogen-bond donors (Lipinski definition) is 1. The summed E-state index contributed by atoms with van der Waals surface area (Å²) in [5.41, 5.74) is 4.46. The van der Waals surface area contributed by atoms with Gasteiger partial charge in [0, 0.05) is 31.1 Å². The summed E-state index contributed by atoms with van der Waals surface area (Å²) in [7, 11) is 6.28. The highest BCUT2D eigenvalue weighted by Gasteiger charge is 2.20. The van der Waals surface area contributed by atoms with E-state index in [0.29, 0.717) is 22.7 Å². The van der Waals surface area contributed by atoms with E-state index in [4.69, 9.17) is 13.9 Å². The van der Waals surface area contributed by atoms with E-state index in [2.05, 4.69) is 5.32 Å². The summed E-state index contributed by atoms with van der Waals surface area (Å²) in [4.78, 5) is 26.9. The van der Waals surface area contributed by atoms with Gasteiger partial charge in [-0.15, -0.1) is 0 Å². The van der Waals surface area contributed by atoms with Crippen molar-refractivity contribution in [1.82, 2.24) is 4.90 Å². The average molecular weight is 410 g/mol. The van der Waals surface area contributed by atoms with Crippen LogP contribution in [0.15, 0.2) is 34.9 Å². The third kappa shape index (κ3) is 4.10. The Balaban J connectivity index is 1.92. The van der Waals surface area contributed by atoms with Crippen molar-refractivity contribution in [1.29, 1.82) is 0 Å². The Hall–Kier alpha value is -3.48. The van der Waals surface area contributed by atoms with E-state index in [0.717, 1.165) is 27.7 Å². The average Bonchev–Trinajstić information content (AvgIpc) is 3.08. The molecule has 7 heteroatoms. The zero-order valence-electron chi connectivity index (χ0n) is 18.1. The van der Waals surface area contributed by atoms with Crippen LogP contribution in [0.1, 0.15) is 27.0 Å². The van der Waals surface area contributed by atoms with Gasteiger partial charge in [-0.1, -0.05) is 0 Å². The number of nitrogens with zero attached hydrogens (tertiary/aromatic N) is 1. The smallest absolute Gasteiger partial charge is 0.255 e. The van der Waals surface area contributed by atoms with Crippen LogP contribution in [-0.2, 0) is 11.2 Å². The molecule has 0 saturated heterocycles. The minimum Gasteiger partial charge on any atom is -0.493 e. The minimum absolute atomic E-state index is 0.111. The summed E-state index contributed by atoms with van der Waals surface area (Å²) >= 11 is 0. The van der Waals surface area contributed by atoms with Gasteiger partial charge in [0.2, 0.25) is 5.91 Å². The van der Waals surface area contributed by atoms with Crippen LogP contribution in [-0.4, -0.2) is 45.0 Å². The van der Waals surface area contributed by atoms with Crippen molar-refractivity contribution < 1.29 is 23.5 Å². The van der Waals surface area contributed by atoms with Gasteiger partial charge in [-0.2, -0.15) is 0 Å². The van der Waals surface area contributed by atoms with Gasteiger partial charge in [0.05, 0.1) is 38.2 Å². The number of aryl methyl sites for hydroxylation is 2. The van der Waals surface area contributed by atoms with E-state index < -0.39 is 0 Å². The van der Waals surface area contributed by atoms with Crippen LogP contribution in [0.5, 0.6) is 11.5 Å². The molecule has 1 heterocycles. The van der Waals surface area contributed by atoms with Crippen LogP contribution in [0, 0.1) is 13.8 Å². The zero-order chi connectivity index (χ0) is 22.0. The number of methoxy groups -OCH3 is 2.